The molecule has 0 bridgehead atoms. The topological polar surface area (TPSA) is 93.8 Å². The summed E-state index contributed by atoms with van der Waals surface area (Å²) in [7, 11) is 1.72. The van der Waals surface area contributed by atoms with Crippen molar-refractivity contribution in [2.45, 2.75) is 13.0 Å². The molecule has 4 rings (SSSR count). The van der Waals surface area contributed by atoms with Gasteiger partial charge in [-0.1, -0.05) is 16.8 Å². The molecule has 1 aliphatic rings. The first-order chi connectivity index (χ1) is 14.4. The van der Waals surface area contributed by atoms with E-state index in [2.05, 4.69) is 15.6 Å². The second-order valence-electron chi connectivity index (χ2n) is 6.79. The summed E-state index contributed by atoms with van der Waals surface area (Å²) in [6.45, 7) is 1.38. The number of benzene rings is 1. The van der Waals surface area contributed by atoms with Gasteiger partial charge in [-0.15, -0.1) is 21.4 Å². The lowest BCUT2D eigenvalue weighted by molar-refractivity contribution is -0.981. The Hall–Kier alpha value is -2.57. The highest BCUT2D eigenvalue weighted by Crippen LogP contribution is 2.22. The molecule has 9 nitrogen and oxygen atoms in total. The van der Waals surface area contributed by atoms with Crippen LogP contribution in [0, 0.1) is 11.0 Å². The van der Waals surface area contributed by atoms with E-state index in [1.807, 2.05) is 0 Å². The minimum Gasteiger partial charge on any atom is -0.587 e. The summed E-state index contributed by atoms with van der Waals surface area (Å²) in [6.07, 6.45) is 2.36. The Bertz CT molecular complexity index is 1060. The molecule has 1 atom stereocenters. The molecule has 1 fully saturated rings. The van der Waals surface area contributed by atoms with E-state index in [1.165, 1.54) is 22.1 Å². The number of halogens is 2. The van der Waals surface area contributed by atoms with Crippen molar-refractivity contribution in [2.24, 2.45) is 0 Å². The summed E-state index contributed by atoms with van der Waals surface area (Å²) in [5.74, 6) is -0.796. The number of quaternary nitrogens is 1. The SMILES string of the molecule is CN1CCCN(c2ccc(-n3cc(CNC(=O)c4ccc(Cl)s4)nn3)c(F)c2)[NH+]1[O-]. The third kappa shape index (κ3) is 4.30. The molecule has 2 aromatic heterocycles. The first-order valence-electron chi connectivity index (χ1n) is 9.19. The lowest BCUT2D eigenvalue weighted by Crippen LogP contribution is -3.21. The minimum atomic E-state index is -0.526. The zero-order chi connectivity index (χ0) is 21.3. The molecule has 1 amide bonds. The second-order valence-corrected chi connectivity index (χ2v) is 8.50. The number of amides is 1. The fraction of sp³-hybridized carbons (Fsp3) is 0.278. The quantitative estimate of drug-likeness (QED) is 0.570. The molecule has 1 unspecified atom stereocenters. The van der Waals surface area contributed by atoms with Gasteiger partial charge < -0.3 is 10.5 Å². The van der Waals surface area contributed by atoms with E-state index in [0.717, 1.165) is 6.42 Å². The van der Waals surface area contributed by atoms with Gasteiger partial charge in [0, 0.05) is 13.1 Å². The summed E-state index contributed by atoms with van der Waals surface area (Å²) >= 11 is 7.02. The largest absolute Gasteiger partial charge is 0.587 e. The van der Waals surface area contributed by atoms with Crippen molar-refractivity contribution in [3.8, 4) is 5.69 Å². The van der Waals surface area contributed by atoms with Gasteiger partial charge in [-0.05, 0) is 30.7 Å². The summed E-state index contributed by atoms with van der Waals surface area (Å²) in [5, 5.41) is 25.9. The maximum absolute atomic E-state index is 14.7. The molecule has 3 aromatic rings. The number of aromatic nitrogens is 3. The van der Waals surface area contributed by atoms with Gasteiger partial charge in [0.1, 0.15) is 11.4 Å². The van der Waals surface area contributed by atoms with Gasteiger partial charge in [-0.3, -0.25) is 4.79 Å². The number of hydrogen-bond acceptors (Lipinski definition) is 7. The predicted molar refractivity (Wildman–Crippen MR) is 111 cm³/mol. The molecule has 12 heteroatoms. The van der Waals surface area contributed by atoms with Crippen LogP contribution < -0.4 is 15.6 Å². The van der Waals surface area contributed by atoms with Gasteiger partial charge in [-0.25, -0.2) is 14.1 Å². The van der Waals surface area contributed by atoms with Crippen LogP contribution in [0.15, 0.2) is 36.5 Å². The molecule has 1 aliphatic heterocycles. The van der Waals surface area contributed by atoms with Crippen LogP contribution in [0.2, 0.25) is 4.34 Å². The lowest BCUT2D eigenvalue weighted by Gasteiger charge is -2.43. The van der Waals surface area contributed by atoms with E-state index in [1.54, 1.807) is 47.5 Å². The van der Waals surface area contributed by atoms with Crippen molar-refractivity contribution in [1.82, 2.24) is 25.3 Å². The van der Waals surface area contributed by atoms with Crippen LogP contribution in [0.3, 0.4) is 0 Å². The molecule has 2 N–H and O–H groups in total. The van der Waals surface area contributed by atoms with E-state index in [0.29, 0.717) is 33.7 Å². The molecule has 30 heavy (non-hydrogen) atoms. The van der Waals surface area contributed by atoms with Crippen molar-refractivity contribution in [2.75, 3.05) is 25.1 Å². The number of nitrogens with one attached hydrogen (secondary N) is 2. The van der Waals surface area contributed by atoms with Crippen molar-refractivity contribution in [3.05, 3.63) is 62.5 Å². The Kier molecular flexibility index (Phi) is 5.97. The van der Waals surface area contributed by atoms with Crippen molar-refractivity contribution >= 4 is 34.5 Å². The van der Waals surface area contributed by atoms with Crippen LogP contribution in [-0.2, 0) is 6.54 Å². The number of thiophene rings is 1. The van der Waals surface area contributed by atoms with Crippen molar-refractivity contribution < 1.29 is 14.5 Å². The molecule has 3 heterocycles. The molecular weight excluding hydrogens is 433 g/mol. The summed E-state index contributed by atoms with van der Waals surface area (Å²) in [5.41, 5.74) is 1.17. The number of rotatable bonds is 5. The first kappa shape index (κ1) is 20.7. The van der Waals surface area contributed by atoms with Gasteiger partial charge in [0.05, 0.1) is 40.7 Å². The number of hydrogen-bond donors (Lipinski definition) is 2. The smallest absolute Gasteiger partial charge is 0.261 e. The van der Waals surface area contributed by atoms with Crippen LogP contribution in [0.25, 0.3) is 5.69 Å². The van der Waals surface area contributed by atoms with Crippen LogP contribution in [0.4, 0.5) is 10.1 Å². The molecule has 0 spiro atoms. The van der Waals surface area contributed by atoms with Crippen LogP contribution in [-0.4, -0.2) is 46.0 Å². The number of carbonyl (C=O) groups excluding carboxylic acids is 1. The number of anilines is 1. The number of carbonyl (C=O) groups is 1. The Balaban J connectivity index is 1.44. The van der Waals surface area contributed by atoms with Crippen molar-refractivity contribution in [3.63, 3.8) is 0 Å². The third-order valence-corrected chi connectivity index (χ3v) is 5.92. The zero-order valence-corrected chi connectivity index (χ0v) is 17.6. The van der Waals surface area contributed by atoms with E-state index in [4.69, 9.17) is 11.6 Å². The van der Waals surface area contributed by atoms with Gasteiger partial charge in [0.25, 0.3) is 5.91 Å². The monoisotopic (exact) mass is 451 g/mol. The molecule has 0 saturated carbocycles. The predicted octanol–water partition coefficient (Wildman–Crippen LogP) is 1.41. The summed E-state index contributed by atoms with van der Waals surface area (Å²) in [4.78, 5) is 12.6. The summed E-state index contributed by atoms with van der Waals surface area (Å²) in [6, 6.07) is 7.84. The van der Waals surface area contributed by atoms with Crippen molar-refractivity contribution in [1.29, 1.82) is 0 Å². The average molecular weight is 452 g/mol. The first-order valence-corrected chi connectivity index (χ1v) is 10.4. The lowest BCUT2D eigenvalue weighted by atomic mass is 10.2. The maximum atomic E-state index is 14.7. The second kappa shape index (κ2) is 8.66. The Morgan fingerprint density at radius 2 is 2.20 bits per heavy atom. The van der Waals surface area contributed by atoms with E-state index < -0.39 is 5.82 Å². The van der Waals surface area contributed by atoms with Gasteiger partial charge in [0.15, 0.2) is 5.82 Å². The minimum absolute atomic E-state index is 0.142. The van der Waals surface area contributed by atoms with E-state index in [-0.39, 0.29) is 23.4 Å². The molecule has 158 valence electrons. The molecule has 0 radical (unpaired) electrons. The normalized spacial score (nSPS) is 17.3. The van der Waals surface area contributed by atoms with Crippen LogP contribution in [0.1, 0.15) is 21.8 Å². The average Bonchev–Trinajstić information content (AvgIpc) is 3.37. The van der Waals surface area contributed by atoms with Crippen LogP contribution >= 0.6 is 22.9 Å². The van der Waals surface area contributed by atoms with Gasteiger partial charge in [-0.2, -0.15) is 5.28 Å². The maximum Gasteiger partial charge on any atom is 0.261 e. The van der Waals surface area contributed by atoms with Crippen LogP contribution in [0.5, 0.6) is 0 Å². The highest BCUT2D eigenvalue weighted by Gasteiger charge is 2.24. The fourth-order valence-electron chi connectivity index (χ4n) is 3.14. The highest BCUT2D eigenvalue weighted by atomic mass is 35.5. The van der Waals surface area contributed by atoms with Gasteiger partial charge >= 0.3 is 0 Å². The molecule has 0 aliphatic carbocycles. The third-order valence-electron chi connectivity index (χ3n) is 4.69. The highest BCUT2D eigenvalue weighted by molar-refractivity contribution is 7.17. The summed E-state index contributed by atoms with van der Waals surface area (Å²) < 4.78 is 16.6. The molecule has 1 saturated heterocycles. The fourth-order valence-corrected chi connectivity index (χ4v) is 4.10. The van der Waals surface area contributed by atoms with Gasteiger partial charge in [0.2, 0.25) is 0 Å². The standard InChI is InChI=1S/C18H19ClFN7O2S/c1-24-7-2-8-26(27(24)29)13-3-4-15(14(20)9-13)25-11-12(22-23-25)10-21-18(28)16-5-6-17(19)30-16/h3-6,9,11,27H,2,7-8,10H2,1H3,(H,21,28). The van der Waals surface area contributed by atoms with E-state index >= 15 is 0 Å². The molecule has 1 aromatic carbocycles. The Morgan fingerprint density at radius 3 is 2.93 bits per heavy atom. The number of nitrogens with zero attached hydrogens (tertiary/aromatic N) is 5. The zero-order valence-electron chi connectivity index (χ0n) is 16.0. The van der Waals surface area contributed by atoms with E-state index in [9.17, 15) is 14.4 Å². The Labute approximate surface area is 180 Å². The Morgan fingerprint density at radius 1 is 1.37 bits per heavy atom. The molecular formula is C18H19ClFN7O2S.